The number of hydrazone groups is 1. The number of hydrogen-bond donors (Lipinski definition) is 1. The van der Waals surface area contributed by atoms with E-state index in [2.05, 4.69) is 22.7 Å². The van der Waals surface area contributed by atoms with Crippen molar-refractivity contribution in [1.29, 1.82) is 0 Å². The molecule has 0 heterocycles. The molecule has 0 unspecified atom stereocenters. The minimum Gasteiger partial charge on any atom is -0.272 e. The van der Waals surface area contributed by atoms with Gasteiger partial charge in [-0.05, 0) is 29.9 Å². The third kappa shape index (κ3) is 6.26. The van der Waals surface area contributed by atoms with Crippen molar-refractivity contribution in [3.63, 3.8) is 0 Å². The van der Waals surface area contributed by atoms with Crippen LogP contribution in [0.5, 0.6) is 0 Å². The summed E-state index contributed by atoms with van der Waals surface area (Å²) in [4.78, 5) is 11.7. The van der Waals surface area contributed by atoms with Crippen molar-refractivity contribution in [2.24, 2.45) is 5.10 Å². The van der Waals surface area contributed by atoms with E-state index in [9.17, 15) is 4.79 Å². The molecule has 0 aliphatic carbocycles. The maximum absolute atomic E-state index is 11.7. The molecule has 1 amide bonds. The Morgan fingerprint density at radius 3 is 2.48 bits per heavy atom. The maximum atomic E-state index is 11.7. The van der Waals surface area contributed by atoms with Crippen molar-refractivity contribution < 1.29 is 4.79 Å². The molecule has 2 rings (SSSR count). The first-order chi connectivity index (χ1) is 11.2. The van der Waals surface area contributed by atoms with Crippen LogP contribution in [0.25, 0.3) is 0 Å². The number of rotatable bonds is 7. The van der Waals surface area contributed by atoms with Crippen LogP contribution in [0, 0.1) is 0 Å². The van der Waals surface area contributed by atoms with Gasteiger partial charge in [0, 0.05) is 5.56 Å². The van der Waals surface area contributed by atoms with Crippen molar-refractivity contribution in [3.05, 3.63) is 69.7 Å². The molecule has 0 atom stereocenters. The highest BCUT2D eigenvalue weighted by molar-refractivity contribution is 7.99. The van der Waals surface area contributed by atoms with Crippen LogP contribution in [0.3, 0.4) is 0 Å². The van der Waals surface area contributed by atoms with E-state index in [1.807, 2.05) is 18.2 Å². The second-order valence-corrected chi connectivity index (χ2v) is 6.64. The fourth-order valence-electron chi connectivity index (χ4n) is 1.83. The fraction of sp³-hybridized carbons (Fsp3) is 0.176. The van der Waals surface area contributed by atoms with E-state index in [1.54, 1.807) is 30.0 Å². The lowest BCUT2D eigenvalue weighted by Gasteiger charge is -2.02. The van der Waals surface area contributed by atoms with E-state index in [0.717, 1.165) is 12.2 Å². The van der Waals surface area contributed by atoms with E-state index in [-0.39, 0.29) is 5.91 Å². The predicted octanol–water partition coefficient (Wildman–Crippen LogP) is 4.42. The van der Waals surface area contributed by atoms with Crippen molar-refractivity contribution in [1.82, 2.24) is 5.43 Å². The van der Waals surface area contributed by atoms with E-state index >= 15 is 0 Å². The molecule has 0 saturated carbocycles. The zero-order chi connectivity index (χ0) is 16.5. The van der Waals surface area contributed by atoms with Gasteiger partial charge in [-0.15, -0.1) is 0 Å². The molecule has 1 N–H and O–H groups in total. The molecule has 0 fully saturated rings. The largest absolute Gasteiger partial charge is 0.272 e. The number of aryl methyl sites for hydroxylation is 1. The van der Waals surface area contributed by atoms with Gasteiger partial charge in [0.25, 0.3) is 0 Å². The minimum absolute atomic E-state index is 0.150. The lowest BCUT2D eigenvalue weighted by atomic mass is 10.2. The smallest absolute Gasteiger partial charge is 0.250 e. The molecule has 0 radical (unpaired) electrons. The minimum atomic E-state index is -0.150. The molecular formula is C17H16Cl2N2OS. The van der Waals surface area contributed by atoms with Crippen molar-refractivity contribution >= 4 is 47.1 Å². The summed E-state index contributed by atoms with van der Waals surface area (Å²) in [6, 6.07) is 15.4. The number of amides is 1. The second-order valence-electron chi connectivity index (χ2n) is 4.72. The molecule has 23 heavy (non-hydrogen) atoms. The van der Waals surface area contributed by atoms with Crippen molar-refractivity contribution in [3.8, 4) is 0 Å². The lowest BCUT2D eigenvalue weighted by molar-refractivity contribution is -0.118. The first kappa shape index (κ1) is 17.9. The summed E-state index contributed by atoms with van der Waals surface area (Å²) in [6.45, 7) is 0. The number of carbonyl (C=O) groups excluding carboxylic acids is 1. The summed E-state index contributed by atoms with van der Waals surface area (Å²) >= 11 is 13.6. The van der Waals surface area contributed by atoms with Crippen LogP contribution >= 0.6 is 35.0 Å². The van der Waals surface area contributed by atoms with Crippen LogP contribution in [0.4, 0.5) is 0 Å². The molecule has 0 aliphatic rings. The summed E-state index contributed by atoms with van der Waals surface area (Å²) in [5.41, 5.74) is 4.34. The second kappa shape index (κ2) is 9.60. The van der Waals surface area contributed by atoms with Crippen molar-refractivity contribution in [2.45, 2.75) is 6.42 Å². The van der Waals surface area contributed by atoms with Gasteiger partial charge in [-0.25, -0.2) is 5.43 Å². The summed E-state index contributed by atoms with van der Waals surface area (Å²) < 4.78 is 0. The molecule has 0 aliphatic heterocycles. The zero-order valence-electron chi connectivity index (χ0n) is 12.3. The highest BCUT2D eigenvalue weighted by Crippen LogP contribution is 2.21. The Labute approximate surface area is 150 Å². The average Bonchev–Trinajstić information content (AvgIpc) is 2.55. The molecule has 0 aromatic heterocycles. The lowest BCUT2D eigenvalue weighted by Crippen LogP contribution is -2.20. The topological polar surface area (TPSA) is 41.5 Å². The first-order valence-corrected chi connectivity index (χ1v) is 8.95. The maximum Gasteiger partial charge on any atom is 0.250 e. The van der Waals surface area contributed by atoms with Gasteiger partial charge in [0.15, 0.2) is 0 Å². The number of carbonyl (C=O) groups is 1. The number of nitrogens with zero attached hydrogens (tertiary/aromatic N) is 1. The first-order valence-electron chi connectivity index (χ1n) is 7.04. The molecule has 0 spiro atoms. The van der Waals surface area contributed by atoms with Crippen LogP contribution in [0.15, 0.2) is 53.6 Å². The van der Waals surface area contributed by atoms with Crippen LogP contribution in [-0.2, 0) is 11.2 Å². The van der Waals surface area contributed by atoms with Crippen molar-refractivity contribution in [2.75, 3.05) is 11.5 Å². The molecule has 6 heteroatoms. The fourth-order valence-corrected chi connectivity index (χ4v) is 3.10. The third-order valence-electron chi connectivity index (χ3n) is 2.99. The number of benzene rings is 2. The monoisotopic (exact) mass is 366 g/mol. The summed E-state index contributed by atoms with van der Waals surface area (Å²) in [7, 11) is 0. The van der Waals surface area contributed by atoms with Crippen LogP contribution in [0.1, 0.15) is 11.1 Å². The Hall–Kier alpha value is -1.49. The molecule has 2 aromatic rings. The normalized spacial score (nSPS) is 10.9. The molecule has 120 valence electrons. The summed E-state index contributed by atoms with van der Waals surface area (Å²) in [6.07, 6.45) is 2.40. The Morgan fingerprint density at radius 1 is 1.09 bits per heavy atom. The van der Waals surface area contributed by atoms with E-state index < -0.39 is 0 Å². The van der Waals surface area contributed by atoms with Gasteiger partial charge in [-0.2, -0.15) is 16.9 Å². The van der Waals surface area contributed by atoms with Crippen LogP contribution < -0.4 is 5.43 Å². The number of nitrogens with one attached hydrogen (secondary N) is 1. The molecular weight excluding hydrogens is 351 g/mol. The standard InChI is InChI=1S/C17H16Cl2N2OS/c18-15-7-4-8-16(19)14(15)11-20-21-17(22)12-23-10-9-13-5-2-1-3-6-13/h1-8,11H,9-10,12H2,(H,21,22). The highest BCUT2D eigenvalue weighted by atomic mass is 35.5. The quantitative estimate of drug-likeness (QED) is 0.447. The number of thioether (sulfide) groups is 1. The molecule has 0 saturated heterocycles. The zero-order valence-corrected chi connectivity index (χ0v) is 14.7. The van der Waals surface area contributed by atoms with Crippen LogP contribution in [0.2, 0.25) is 10.0 Å². The Bertz CT molecular complexity index is 657. The van der Waals surface area contributed by atoms with E-state index in [0.29, 0.717) is 21.4 Å². The highest BCUT2D eigenvalue weighted by Gasteiger charge is 2.03. The van der Waals surface area contributed by atoms with Gasteiger partial charge < -0.3 is 0 Å². The molecule has 2 aromatic carbocycles. The van der Waals surface area contributed by atoms with E-state index in [1.165, 1.54) is 11.8 Å². The predicted molar refractivity (Wildman–Crippen MR) is 99.7 cm³/mol. The van der Waals surface area contributed by atoms with Gasteiger partial charge in [-0.1, -0.05) is 59.6 Å². The van der Waals surface area contributed by atoms with E-state index in [4.69, 9.17) is 23.2 Å². The van der Waals surface area contributed by atoms with Gasteiger partial charge in [0.2, 0.25) is 5.91 Å². The third-order valence-corrected chi connectivity index (χ3v) is 4.61. The van der Waals surface area contributed by atoms with Gasteiger partial charge in [-0.3, -0.25) is 4.79 Å². The average molecular weight is 367 g/mol. The Kier molecular flexibility index (Phi) is 7.46. The summed E-state index contributed by atoms with van der Waals surface area (Å²) in [5, 5.41) is 4.88. The van der Waals surface area contributed by atoms with Gasteiger partial charge in [0.05, 0.1) is 22.0 Å². The molecule has 3 nitrogen and oxygen atoms in total. The molecule has 0 bridgehead atoms. The van der Waals surface area contributed by atoms with Gasteiger partial charge in [0.1, 0.15) is 0 Å². The SMILES string of the molecule is O=C(CSCCc1ccccc1)NN=Cc1c(Cl)cccc1Cl. The number of halogens is 2. The summed E-state index contributed by atoms with van der Waals surface area (Å²) in [5.74, 6) is 1.10. The Balaban J connectivity index is 1.70. The van der Waals surface area contributed by atoms with Gasteiger partial charge >= 0.3 is 0 Å². The Morgan fingerprint density at radius 2 is 1.78 bits per heavy atom. The number of hydrogen-bond acceptors (Lipinski definition) is 3. The van der Waals surface area contributed by atoms with Crippen LogP contribution in [-0.4, -0.2) is 23.6 Å².